The predicted octanol–water partition coefficient (Wildman–Crippen LogP) is 2.59. The van der Waals surface area contributed by atoms with Crippen molar-refractivity contribution in [1.82, 2.24) is 5.32 Å². The van der Waals surface area contributed by atoms with Crippen molar-refractivity contribution in [2.24, 2.45) is 5.92 Å². The zero-order chi connectivity index (χ0) is 12.0. The van der Waals surface area contributed by atoms with Crippen LogP contribution in [0.25, 0.3) is 0 Å². The summed E-state index contributed by atoms with van der Waals surface area (Å²) in [6.07, 6.45) is 0. The fourth-order valence-electron chi connectivity index (χ4n) is 1.56. The summed E-state index contributed by atoms with van der Waals surface area (Å²) in [6.45, 7) is 5.63. The lowest BCUT2D eigenvalue weighted by Crippen LogP contribution is -2.37. The molecule has 0 amide bonds. The average Bonchev–Trinajstić information content (AvgIpc) is 2.24. The van der Waals surface area contributed by atoms with Gasteiger partial charge in [-0.15, -0.1) is 0 Å². The predicted molar refractivity (Wildman–Crippen MR) is 63.7 cm³/mol. The third-order valence-electron chi connectivity index (χ3n) is 2.61. The lowest BCUT2D eigenvalue weighted by atomic mass is 10.0. The van der Waals surface area contributed by atoms with E-state index in [1.54, 1.807) is 19.2 Å². The second-order valence-corrected chi connectivity index (χ2v) is 4.32. The molecule has 1 aromatic carbocycles. The van der Waals surface area contributed by atoms with Gasteiger partial charge in [-0.3, -0.25) is 0 Å². The summed E-state index contributed by atoms with van der Waals surface area (Å²) >= 11 is 0. The molecular formula is C13H20FNO. The van der Waals surface area contributed by atoms with Crippen LogP contribution in [0.2, 0.25) is 0 Å². The van der Waals surface area contributed by atoms with Gasteiger partial charge in [-0.25, -0.2) is 4.39 Å². The molecule has 0 spiro atoms. The van der Waals surface area contributed by atoms with Crippen molar-refractivity contribution in [3.05, 3.63) is 35.6 Å². The normalized spacial score (nSPS) is 13.1. The van der Waals surface area contributed by atoms with Crippen LogP contribution in [0, 0.1) is 11.7 Å². The summed E-state index contributed by atoms with van der Waals surface area (Å²) in [4.78, 5) is 0. The number of nitrogens with one attached hydrogen (secondary N) is 1. The van der Waals surface area contributed by atoms with Crippen molar-refractivity contribution in [2.45, 2.75) is 26.4 Å². The smallest absolute Gasteiger partial charge is 0.123 e. The highest BCUT2D eigenvalue weighted by atomic mass is 19.1. The van der Waals surface area contributed by atoms with Crippen LogP contribution < -0.4 is 5.32 Å². The Morgan fingerprint density at radius 1 is 1.38 bits per heavy atom. The van der Waals surface area contributed by atoms with Gasteiger partial charge in [0, 0.05) is 19.7 Å². The zero-order valence-corrected chi connectivity index (χ0v) is 10.2. The quantitative estimate of drug-likeness (QED) is 0.803. The molecule has 16 heavy (non-hydrogen) atoms. The van der Waals surface area contributed by atoms with E-state index < -0.39 is 0 Å². The number of rotatable bonds is 6. The highest BCUT2D eigenvalue weighted by molar-refractivity contribution is 5.16. The second kappa shape index (κ2) is 6.61. The van der Waals surface area contributed by atoms with Crippen molar-refractivity contribution >= 4 is 0 Å². The van der Waals surface area contributed by atoms with Crippen molar-refractivity contribution < 1.29 is 9.13 Å². The Labute approximate surface area is 96.8 Å². The monoisotopic (exact) mass is 225 g/mol. The van der Waals surface area contributed by atoms with Crippen LogP contribution in [0.4, 0.5) is 4.39 Å². The van der Waals surface area contributed by atoms with Gasteiger partial charge in [0.1, 0.15) is 5.82 Å². The minimum absolute atomic E-state index is 0.188. The van der Waals surface area contributed by atoms with Gasteiger partial charge < -0.3 is 10.1 Å². The van der Waals surface area contributed by atoms with E-state index in [1.165, 1.54) is 6.07 Å². The minimum Gasteiger partial charge on any atom is -0.383 e. The number of hydrogen-bond donors (Lipinski definition) is 1. The summed E-state index contributed by atoms with van der Waals surface area (Å²) in [7, 11) is 1.69. The maximum atomic E-state index is 12.9. The Hall–Kier alpha value is -0.930. The molecule has 1 unspecified atom stereocenters. The van der Waals surface area contributed by atoms with Crippen LogP contribution >= 0.6 is 0 Å². The molecule has 0 aliphatic rings. The largest absolute Gasteiger partial charge is 0.383 e. The van der Waals surface area contributed by atoms with Gasteiger partial charge in [0.15, 0.2) is 0 Å². The van der Waals surface area contributed by atoms with Gasteiger partial charge in [-0.05, 0) is 23.6 Å². The molecule has 1 aromatic rings. The van der Waals surface area contributed by atoms with E-state index in [1.807, 2.05) is 6.07 Å². The Kier molecular flexibility index (Phi) is 5.43. The highest BCUT2D eigenvalue weighted by Crippen LogP contribution is 2.06. The summed E-state index contributed by atoms with van der Waals surface area (Å²) < 4.78 is 18.1. The number of hydrogen-bond acceptors (Lipinski definition) is 2. The van der Waals surface area contributed by atoms with Crippen LogP contribution in [-0.4, -0.2) is 19.8 Å². The molecule has 0 aromatic heterocycles. The van der Waals surface area contributed by atoms with E-state index in [9.17, 15) is 4.39 Å². The first-order valence-electron chi connectivity index (χ1n) is 5.60. The van der Waals surface area contributed by atoms with Gasteiger partial charge in [-0.2, -0.15) is 0 Å². The molecule has 90 valence electrons. The summed E-state index contributed by atoms with van der Waals surface area (Å²) in [5.41, 5.74) is 0.960. The first-order chi connectivity index (χ1) is 7.63. The molecule has 0 aliphatic heterocycles. The summed E-state index contributed by atoms with van der Waals surface area (Å²) in [6, 6.07) is 6.96. The molecule has 0 saturated heterocycles. The van der Waals surface area contributed by atoms with E-state index in [-0.39, 0.29) is 5.82 Å². The molecule has 0 fully saturated rings. The first kappa shape index (κ1) is 13.1. The van der Waals surface area contributed by atoms with E-state index in [4.69, 9.17) is 4.74 Å². The van der Waals surface area contributed by atoms with Gasteiger partial charge in [0.25, 0.3) is 0 Å². The molecule has 0 radical (unpaired) electrons. The fourth-order valence-corrected chi connectivity index (χ4v) is 1.56. The number of methoxy groups -OCH3 is 1. The van der Waals surface area contributed by atoms with E-state index >= 15 is 0 Å². The van der Waals surface area contributed by atoms with E-state index in [2.05, 4.69) is 19.2 Å². The van der Waals surface area contributed by atoms with Crippen molar-refractivity contribution in [2.75, 3.05) is 13.7 Å². The molecule has 0 bridgehead atoms. The van der Waals surface area contributed by atoms with Gasteiger partial charge >= 0.3 is 0 Å². The third-order valence-corrected chi connectivity index (χ3v) is 2.61. The Morgan fingerprint density at radius 3 is 2.69 bits per heavy atom. The first-order valence-corrected chi connectivity index (χ1v) is 5.60. The molecule has 0 saturated carbocycles. The highest BCUT2D eigenvalue weighted by Gasteiger charge is 2.11. The van der Waals surface area contributed by atoms with E-state index in [0.29, 0.717) is 25.1 Å². The van der Waals surface area contributed by atoms with Crippen LogP contribution in [0.5, 0.6) is 0 Å². The van der Waals surface area contributed by atoms with Crippen molar-refractivity contribution in [3.63, 3.8) is 0 Å². The lowest BCUT2D eigenvalue weighted by molar-refractivity contribution is 0.146. The van der Waals surface area contributed by atoms with Crippen molar-refractivity contribution in [3.8, 4) is 0 Å². The molecule has 1 atom stereocenters. The fraction of sp³-hybridized carbons (Fsp3) is 0.538. The zero-order valence-electron chi connectivity index (χ0n) is 10.2. The molecule has 1 N–H and O–H groups in total. The second-order valence-electron chi connectivity index (χ2n) is 4.32. The van der Waals surface area contributed by atoms with E-state index in [0.717, 1.165) is 5.56 Å². The SMILES string of the molecule is COCC(NCc1cccc(F)c1)C(C)C. The van der Waals surface area contributed by atoms with Gasteiger partial charge in [0.2, 0.25) is 0 Å². The summed E-state index contributed by atoms with van der Waals surface area (Å²) in [5.74, 6) is 0.306. The van der Waals surface area contributed by atoms with Crippen LogP contribution in [0.3, 0.4) is 0 Å². The standard InChI is InChI=1S/C13H20FNO/c1-10(2)13(9-16-3)15-8-11-5-4-6-12(14)7-11/h4-7,10,13,15H,8-9H2,1-3H3. The molecule has 2 nitrogen and oxygen atoms in total. The third kappa shape index (κ3) is 4.29. The van der Waals surface area contributed by atoms with Gasteiger partial charge in [0.05, 0.1) is 6.61 Å². The van der Waals surface area contributed by atoms with Crippen LogP contribution in [0.1, 0.15) is 19.4 Å². The summed E-state index contributed by atoms with van der Waals surface area (Å²) in [5, 5.41) is 3.37. The molecule has 3 heteroatoms. The van der Waals surface area contributed by atoms with Crippen LogP contribution in [-0.2, 0) is 11.3 Å². The molecule has 0 aliphatic carbocycles. The number of ether oxygens (including phenoxy) is 1. The minimum atomic E-state index is -0.188. The van der Waals surface area contributed by atoms with Crippen molar-refractivity contribution in [1.29, 1.82) is 0 Å². The maximum Gasteiger partial charge on any atom is 0.123 e. The average molecular weight is 225 g/mol. The number of benzene rings is 1. The number of halogens is 1. The lowest BCUT2D eigenvalue weighted by Gasteiger charge is -2.21. The molecule has 0 heterocycles. The van der Waals surface area contributed by atoms with Crippen LogP contribution in [0.15, 0.2) is 24.3 Å². The Morgan fingerprint density at radius 2 is 2.12 bits per heavy atom. The Balaban J connectivity index is 2.48. The molecule has 1 rings (SSSR count). The topological polar surface area (TPSA) is 21.3 Å². The molecular weight excluding hydrogens is 205 g/mol. The maximum absolute atomic E-state index is 12.9. The Bertz CT molecular complexity index is 315. The van der Waals surface area contributed by atoms with Gasteiger partial charge in [-0.1, -0.05) is 26.0 Å².